The zero-order valence-electron chi connectivity index (χ0n) is 52.8. The zero-order valence-corrected chi connectivity index (χ0v) is 40.8. The molecule has 75 heavy (non-hydrogen) atoms. The van der Waals surface area contributed by atoms with Crippen molar-refractivity contribution in [2.75, 3.05) is 0 Å². The molecule has 0 N–H and O–H groups in total. The number of pyridine rings is 1. The molecule has 0 amide bonds. The van der Waals surface area contributed by atoms with E-state index in [2.05, 4.69) is 41.2 Å². The number of hydrogen-bond donors (Lipinski definition) is 0. The minimum absolute atomic E-state index is 0.134. The highest BCUT2D eigenvalue weighted by atomic mass is 16.5. The van der Waals surface area contributed by atoms with Crippen molar-refractivity contribution in [2.45, 2.75) is 25.6 Å². The van der Waals surface area contributed by atoms with Crippen molar-refractivity contribution < 1.29 is 25.8 Å². The van der Waals surface area contributed by atoms with E-state index >= 15 is 0 Å². The lowest BCUT2D eigenvalue weighted by Crippen LogP contribution is -2.31. The van der Waals surface area contributed by atoms with Gasteiger partial charge in [0.05, 0.1) is 47.1 Å². The van der Waals surface area contributed by atoms with Crippen molar-refractivity contribution in [2.24, 2.45) is 0 Å². The molecule has 0 radical (unpaired) electrons. The van der Waals surface area contributed by atoms with Crippen LogP contribution in [0.25, 0.3) is 94.5 Å². The SMILES string of the molecule is [2H]c1c([2H])c([2H])c(-c2cccc(-c3c([2H])c([2H])c([2H])c([2H])c3[2H])c2-[n+]2[c-]n(-c3cccc(Oc4ccc5c6cc(-c7ccccc7)ccc6n(-c6cc(C([2H])([2H])C(C)(C)c7ccccc7)c(-c7ccccc7)cn6)c5c4)c3)c3ccccc32)c([2H])c1[2H]. The molecule has 0 unspecified atom stereocenters. The maximum atomic E-state index is 10.1. The van der Waals surface area contributed by atoms with Crippen molar-refractivity contribution in [3.63, 3.8) is 0 Å². The van der Waals surface area contributed by atoms with Gasteiger partial charge in [-0.2, -0.15) is 0 Å². The Bertz CT molecular complexity index is 4770. The van der Waals surface area contributed by atoms with Crippen LogP contribution in [0.3, 0.4) is 0 Å². The zero-order chi connectivity index (χ0) is 60.8. The van der Waals surface area contributed by atoms with Gasteiger partial charge in [-0.1, -0.05) is 220 Å². The fourth-order valence-electron chi connectivity index (χ4n) is 10.1. The minimum Gasteiger partial charge on any atom is -0.458 e. The number of nitrogens with zero attached hydrogens (tertiary/aromatic N) is 4. The fourth-order valence-corrected chi connectivity index (χ4v) is 10.1. The normalized spacial score (nSPS) is 14.1. The number of benzene rings is 10. The Morgan fingerprint density at radius 2 is 1.16 bits per heavy atom. The van der Waals surface area contributed by atoms with Crippen LogP contribution in [-0.4, -0.2) is 14.1 Å². The van der Waals surface area contributed by atoms with Gasteiger partial charge >= 0.3 is 0 Å². The Labute approximate surface area is 454 Å². The first kappa shape index (κ1) is 34.0. The van der Waals surface area contributed by atoms with Gasteiger partial charge in [0.15, 0.2) is 0 Å². The van der Waals surface area contributed by atoms with Crippen molar-refractivity contribution in [3.05, 3.63) is 284 Å². The van der Waals surface area contributed by atoms with E-state index in [0.29, 0.717) is 45.2 Å². The maximum absolute atomic E-state index is 10.1. The Hall–Kier alpha value is -9.58. The van der Waals surface area contributed by atoms with Crippen molar-refractivity contribution >= 4 is 32.8 Å². The highest BCUT2D eigenvalue weighted by Crippen LogP contribution is 2.40. The molecule has 0 atom stereocenters. The second kappa shape index (κ2) is 19.1. The predicted octanol–water partition coefficient (Wildman–Crippen LogP) is 17.2. The van der Waals surface area contributed by atoms with Gasteiger partial charge in [-0.15, -0.1) is 0 Å². The third-order valence-electron chi connectivity index (χ3n) is 13.7. The van der Waals surface area contributed by atoms with Gasteiger partial charge in [-0.05, 0) is 110 Å². The standard InChI is InChI=1S/C70H52N4O/c1-70(2,55-30-16-7-17-31-55)46-54-43-68(71-47-63(54)52-28-14-6-15-29-52)74-64-41-38-53(49-22-8-3-9-23-49)42-62(64)61-40-39-58(45-67(61)74)75-57-33-20-32-56(44-57)72-48-73(66-37-19-18-36-65(66)72)69-59(50-24-10-4-11-25-50)34-21-35-60(69)51-26-12-5-13-27-51/h3-45,47H,46H2,1-2H3/i4D,5D,10D,11D,12D,13D,24D,25D,26D,27D,46D2. The number of para-hydroxylation sites is 3. The molecule has 358 valence electrons. The highest BCUT2D eigenvalue weighted by molar-refractivity contribution is 6.10. The molecular weight excluding hydrogens is 913 g/mol. The third kappa shape index (κ3) is 8.54. The van der Waals surface area contributed by atoms with Gasteiger partial charge in [0, 0.05) is 31.3 Å². The van der Waals surface area contributed by atoms with E-state index in [1.165, 1.54) is 0 Å². The molecule has 0 saturated carbocycles. The van der Waals surface area contributed by atoms with E-state index < -0.39 is 72.2 Å². The van der Waals surface area contributed by atoms with Gasteiger partial charge in [0.1, 0.15) is 17.3 Å². The minimum atomic E-state index is -1.92. The van der Waals surface area contributed by atoms with Crippen molar-refractivity contribution in [1.29, 1.82) is 0 Å². The third-order valence-corrected chi connectivity index (χ3v) is 13.7. The van der Waals surface area contributed by atoms with Crippen LogP contribution in [0, 0.1) is 6.33 Å². The molecule has 3 heterocycles. The molecule has 5 nitrogen and oxygen atoms in total. The summed E-state index contributed by atoms with van der Waals surface area (Å²) in [6.07, 6.45) is 3.31. The number of hydrogen-bond acceptors (Lipinski definition) is 2. The summed E-state index contributed by atoms with van der Waals surface area (Å²) >= 11 is 0. The van der Waals surface area contributed by atoms with Crippen LogP contribution in [0.4, 0.5) is 0 Å². The molecule has 0 aliphatic carbocycles. The van der Waals surface area contributed by atoms with Gasteiger partial charge < -0.3 is 4.74 Å². The lowest BCUT2D eigenvalue weighted by molar-refractivity contribution is -0.571. The summed E-state index contributed by atoms with van der Waals surface area (Å²) in [6, 6.07) is 57.8. The molecule has 13 aromatic rings. The summed E-state index contributed by atoms with van der Waals surface area (Å²) in [4.78, 5) is 5.16. The summed E-state index contributed by atoms with van der Waals surface area (Å²) in [5.74, 6) is 1.44. The van der Waals surface area contributed by atoms with Crippen LogP contribution in [0.1, 0.15) is 41.4 Å². The molecular formula is C70H52N4O. The first-order valence-corrected chi connectivity index (χ1v) is 24.6. The van der Waals surface area contributed by atoms with Gasteiger partial charge in [0.2, 0.25) is 0 Å². The number of ether oxygens (including phenoxy) is 1. The van der Waals surface area contributed by atoms with E-state index in [9.17, 15) is 2.74 Å². The van der Waals surface area contributed by atoms with Crippen molar-refractivity contribution in [3.8, 4) is 73.2 Å². The van der Waals surface area contributed by atoms with E-state index in [4.69, 9.17) is 23.4 Å². The first-order chi connectivity index (χ1) is 41.8. The number of fused-ring (bicyclic) bond motifs is 4. The molecule has 0 fully saturated rings. The van der Waals surface area contributed by atoms with Crippen LogP contribution >= 0.6 is 0 Å². The smallest absolute Gasteiger partial charge is 0.269 e. The molecule has 0 spiro atoms. The molecule has 0 aliphatic rings. The maximum Gasteiger partial charge on any atom is 0.269 e. The number of aromatic nitrogens is 4. The first-order valence-electron chi connectivity index (χ1n) is 30.6. The second-order valence-electron chi connectivity index (χ2n) is 18.7. The highest BCUT2D eigenvalue weighted by Gasteiger charge is 2.25. The Kier molecular flexibility index (Phi) is 8.65. The molecule has 3 aromatic heterocycles. The monoisotopic (exact) mass is 976 g/mol. The van der Waals surface area contributed by atoms with Gasteiger partial charge in [-0.25, -0.2) is 4.98 Å². The van der Waals surface area contributed by atoms with Crippen LogP contribution in [0.2, 0.25) is 0 Å². The summed E-state index contributed by atoms with van der Waals surface area (Å²) in [5.41, 5.74) is 7.37. The lowest BCUT2D eigenvalue weighted by Gasteiger charge is -2.27. The second-order valence-corrected chi connectivity index (χ2v) is 18.7. The predicted molar refractivity (Wildman–Crippen MR) is 307 cm³/mol. The average Bonchev–Trinajstić information content (AvgIpc) is 1.77. The van der Waals surface area contributed by atoms with E-state index in [-0.39, 0.29) is 27.9 Å². The van der Waals surface area contributed by atoms with E-state index in [1.807, 2.05) is 166 Å². The van der Waals surface area contributed by atoms with Gasteiger partial charge in [-0.3, -0.25) is 13.7 Å². The lowest BCUT2D eigenvalue weighted by atomic mass is 9.78. The summed E-state index contributed by atoms with van der Waals surface area (Å²) in [6.45, 7) is 3.88. The molecule has 0 bridgehead atoms. The Morgan fingerprint density at radius 3 is 1.88 bits per heavy atom. The molecule has 10 aromatic carbocycles. The number of rotatable bonds is 12. The Balaban J connectivity index is 0.971. The quantitative estimate of drug-likeness (QED) is 0.0903. The summed E-state index contributed by atoms with van der Waals surface area (Å²) in [5, 5.41) is 1.87. The fraction of sp³-hybridized carbons (Fsp3) is 0.0571. The summed E-state index contributed by atoms with van der Waals surface area (Å²) < 4.78 is 120. The summed E-state index contributed by atoms with van der Waals surface area (Å²) in [7, 11) is 0. The largest absolute Gasteiger partial charge is 0.458 e. The van der Waals surface area contributed by atoms with E-state index in [0.717, 1.165) is 44.1 Å². The van der Waals surface area contributed by atoms with Gasteiger partial charge in [0.25, 0.3) is 6.33 Å². The topological polar surface area (TPSA) is 35.9 Å². The molecule has 13 rings (SSSR count). The molecule has 5 heteroatoms. The van der Waals surface area contributed by atoms with Crippen LogP contribution in [0.5, 0.6) is 11.5 Å². The molecule has 0 aliphatic heterocycles. The molecule has 0 saturated heterocycles. The van der Waals surface area contributed by atoms with Crippen LogP contribution < -0.4 is 9.30 Å². The average molecular weight is 977 g/mol. The number of imidazole rings is 1. The van der Waals surface area contributed by atoms with Crippen LogP contribution in [0.15, 0.2) is 267 Å². The van der Waals surface area contributed by atoms with E-state index in [1.54, 1.807) is 33.5 Å². The van der Waals surface area contributed by atoms with Crippen molar-refractivity contribution in [1.82, 2.24) is 14.1 Å². The Morgan fingerprint density at radius 1 is 0.520 bits per heavy atom. The van der Waals surface area contributed by atoms with Crippen LogP contribution in [-0.2, 0) is 11.8 Å².